The summed E-state index contributed by atoms with van der Waals surface area (Å²) in [5, 5.41) is 0. The Hall–Kier alpha value is -0.970. The third-order valence-electron chi connectivity index (χ3n) is 4.29. The predicted molar refractivity (Wildman–Crippen MR) is 88.9 cm³/mol. The number of nitrogens with two attached hydrogens (primary N) is 1. The van der Waals surface area contributed by atoms with E-state index in [4.69, 9.17) is 18.0 Å². The van der Waals surface area contributed by atoms with Crippen molar-refractivity contribution < 1.29 is 0 Å². The van der Waals surface area contributed by atoms with Crippen LogP contribution in [0.15, 0.2) is 24.3 Å². The molecule has 0 aromatic heterocycles. The maximum absolute atomic E-state index is 5.85. The molecule has 1 aliphatic heterocycles. The van der Waals surface area contributed by atoms with Crippen molar-refractivity contribution in [3.8, 4) is 0 Å². The fraction of sp³-hybridized carbons (Fsp3) is 0.562. The van der Waals surface area contributed by atoms with Crippen LogP contribution >= 0.6 is 12.2 Å². The first kappa shape index (κ1) is 15.4. The second-order valence-corrected chi connectivity index (χ2v) is 6.61. The molecule has 1 aromatic rings. The molecule has 20 heavy (non-hydrogen) atoms. The highest BCUT2D eigenvalue weighted by atomic mass is 32.1. The Morgan fingerprint density at radius 1 is 1.15 bits per heavy atom. The second-order valence-electron chi connectivity index (χ2n) is 6.17. The maximum atomic E-state index is 5.85. The molecule has 1 aliphatic rings. The Labute approximate surface area is 127 Å². The van der Waals surface area contributed by atoms with E-state index in [2.05, 4.69) is 54.8 Å². The van der Waals surface area contributed by atoms with Gasteiger partial charge in [-0.25, -0.2) is 0 Å². The molecule has 1 heterocycles. The van der Waals surface area contributed by atoms with Crippen LogP contribution in [-0.4, -0.2) is 46.5 Å². The number of rotatable bonds is 4. The molecular weight excluding hydrogens is 266 g/mol. The van der Waals surface area contributed by atoms with Gasteiger partial charge in [0.1, 0.15) is 0 Å². The van der Waals surface area contributed by atoms with Crippen molar-refractivity contribution in [3.63, 3.8) is 0 Å². The summed E-state index contributed by atoms with van der Waals surface area (Å²) in [6.07, 6.45) is 0. The van der Waals surface area contributed by atoms with E-state index in [0.717, 1.165) is 32.7 Å². The Morgan fingerprint density at radius 2 is 1.70 bits per heavy atom. The van der Waals surface area contributed by atoms with Crippen molar-refractivity contribution in [2.24, 2.45) is 5.73 Å². The van der Waals surface area contributed by atoms with Gasteiger partial charge in [0.2, 0.25) is 0 Å². The smallest absolute Gasteiger partial charge is 0.0928 e. The Bertz CT molecular complexity index is 459. The van der Waals surface area contributed by atoms with E-state index in [1.807, 2.05) is 0 Å². The molecule has 0 radical (unpaired) electrons. The average molecular weight is 291 g/mol. The van der Waals surface area contributed by atoms with Gasteiger partial charge in [-0.3, -0.25) is 9.80 Å². The summed E-state index contributed by atoms with van der Waals surface area (Å²) >= 11 is 5.18. The normalized spacial score (nSPS) is 18.1. The van der Waals surface area contributed by atoms with E-state index in [9.17, 15) is 0 Å². The third kappa shape index (κ3) is 3.57. The molecule has 3 nitrogen and oxygen atoms in total. The number of benzene rings is 1. The highest BCUT2D eigenvalue weighted by Gasteiger charge is 2.32. The van der Waals surface area contributed by atoms with Crippen LogP contribution < -0.4 is 5.73 Å². The lowest BCUT2D eigenvalue weighted by atomic mass is 10.0. The van der Waals surface area contributed by atoms with Gasteiger partial charge in [0.25, 0.3) is 0 Å². The number of nitrogens with zero attached hydrogens (tertiary/aromatic N) is 2. The van der Waals surface area contributed by atoms with E-state index < -0.39 is 0 Å². The quantitative estimate of drug-likeness (QED) is 0.862. The summed E-state index contributed by atoms with van der Waals surface area (Å²) in [7, 11) is 0. The molecule has 0 atom stereocenters. The standard InChI is InChI=1S/C16H25N3S/c1-13-4-6-14(7-5-13)12-18-8-10-19(11-9-18)16(2,3)15(17)20/h4-7H,8-12H2,1-3H3,(H2,17,20). The van der Waals surface area contributed by atoms with Crippen molar-refractivity contribution in [1.82, 2.24) is 9.80 Å². The summed E-state index contributed by atoms with van der Waals surface area (Å²) < 4.78 is 0. The number of hydrogen-bond donors (Lipinski definition) is 1. The largest absolute Gasteiger partial charge is 0.392 e. The van der Waals surface area contributed by atoms with Crippen molar-refractivity contribution in [3.05, 3.63) is 35.4 Å². The first-order valence-corrected chi connectivity index (χ1v) is 7.63. The van der Waals surface area contributed by atoms with E-state index >= 15 is 0 Å². The van der Waals surface area contributed by atoms with Crippen LogP contribution in [0.4, 0.5) is 0 Å². The van der Waals surface area contributed by atoms with Crippen LogP contribution in [0, 0.1) is 6.92 Å². The number of hydrogen-bond acceptors (Lipinski definition) is 3. The van der Waals surface area contributed by atoms with E-state index in [1.165, 1.54) is 11.1 Å². The van der Waals surface area contributed by atoms with Crippen LogP contribution in [-0.2, 0) is 6.54 Å². The van der Waals surface area contributed by atoms with Gasteiger partial charge >= 0.3 is 0 Å². The van der Waals surface area contributed by atoms with Crippen LogP contribution in [0.2, 0.25) is 0 Å². The maximum Gasteiger partial charge on any atom is 0.0928 e. The van der Waals surface area contributed by atoms with Gasteiger partial charge in [-0.15, -0.1) is 0 Å². The van der Waals surface area contributed by atoms with Crippen LogP contribution in [0.5, 0.6) is 0 Å². The Morgan fingerprint density at radius 3 is 2.20 bits per heavy atom. The molecule has 1 fully saturated rings. The molecular formula is C16H25N3S. The first-order chi connectivity index (χ1) is 9.39. The van der Waals surface area contributed by atoms with Gasteiger partial charge in [0, 0.05) is 32.7 Å². The average Bonchev–Trinajstić information content (AvgIpc) is 2.42. The Kier molecular flexibility index (Phi) is 4.78. The molecule has 0 bridgehead atoms. The zero-order valence-electron chi connectivity index (χ0n) is 12.7. The summed E-state index contributed by atoms with van der Waals surface area (Å²) in [6, 6.07) is 8.81. The fourth-order valence-electron chi connectivity index (χ4n) is 2.57. The van der Waals surface area contributed by atoms with E-state index in [0.29, 0.717) is 4.99 Å². The fourth-order valence-corrected chi connectivity index (χ4v) is 2.70. The van der Waals surface area contributed by atoms with Crippen LogP contribution in [0.25, 0.3) is 0 Å². The lowest BCUT2D eigenvalue weighted by Crippen LogP contribution is -2.59. The number of aryl methyl sites for hydroxylation is 1. The lowest BCUT2D eigenvalue weighted by molar-refractivity contribution is 0.0821. The lowest BCUT2D eigenvalue weighted by Gasteiger charge is -2.43. The van der Waals surface area contributed by atoms with Gasteiger partial charge < -0.3 is 5.73 Å². The predicted octanol–water partition coefficient (Wildman–Crippen LogP) is 2.18. The van der Waals surface area contributed by atoms with E-state index in [-0.39, 0.29) is 5.54 Å². The zero-order valence-corrected chi connectivity index (χ0v) is 13.5. The van der Waals surface area contributed by atoms with Gasteiger partial charge in [-0.1, -0.05) is 42.0 Å². The molecule has 1 saturated heterocycles. The first-order valence-electron chi connectivity index (χ1n) is 7.22. The molecule has 4 heteroatoms. The van der Waals surface area contributed by atoms with Crippen LogP contribution in [0.3, 0.4) is 0 Å². The molecule has 0 saturated carbocycles. The van der Waals surface area contributed by atoms with Crippen molar-refractivity contribution in [2.75, 3.05) is 26.2 Å². The molecule has 110 valence electrons. The van der Waals surface area contributed by atoms with Crippen LogP contribution in [0.1, 0.15) is 25.0 Å². The second kappa shape index (κ2) is 6.20. The zero-order chi connectivity index (χ0) is 14.8. The van der Waals surface area contributed by atoms with Crippen molar-refractivity contribution >= 4 is 17.2 Å². The van der Waals surface area contributed by atoms with Gasteiger partial charge in [-0.2, -0.15) is 0 Å². The topological polar surface area (TPSA) is 32.5 Å². The minimum absolute atomic E-state index is 0.175. The van der Waals surface area contributed by atoms with Gasteiger partial charge in [0.15, 0.2) is 0 Å². The summed E-state index contributed by atoms with van der Waals surface area (Å²) in [5.41, 5.74) is 8.38. The molecule has 0 amide bonds. The highest BCUT2D eigenvalue weighted by molar-refractivity contribution is 7.80. The summed E-state index contributed by atoms with van der Waals surface area (Å²) in [6.45, 7) is 11.6. The van der Waals surface area contributed by atoms with E-state index in [1.54, 1.807) is 0 Å². The molecule has 2 N–H and O–H groups in total. The number of thiocarbonyl (C=S) groups is 1. The number of piperazine rings is 1. The highest BCUT2D eigenvalue weighted by Crippen LogP contribution is 2.18. The minimum atomic E-state index is -0.175. The molecule has 0 aliphatic carbocycles. The Balaban J connectivity index is 1.88. The monoisotopic (exact) mass is 291 g/mol. The summed E-state index contributed by atoms with van der Waals surface area (Å²) in [4.78, 5) is 5.47. The van der Waals surface area contributed by atoms with Crippen molar-refractivity contribution in [1.29, 1.82) is 0 Å². The SMILES string of the molecule is Cc1ccc(CN2CCN(C(C)(C)C(N)=S)CC2)cc1. The van der Waals surface area contributed by atoms with Gasteiger partial charge in [-0.05, 0) is 26.3 Å². The molecule has 0 unspecified atom stereocenters. The third-order valence-corrected chi connectivity index (χ3v) is 4.79. The minimum Gasteiger partial charge on any atom is -0.392 e. The van der Waals surface area contributed by atoms with Gasteiger partial charge in [0.05, 0.1) is 10.5 Å². The van der Waals surface area contributed by atoms with Crippen molar-refractivity contribution in [2.45, 2.75) is 32.9 Å². The summed E-state index contributed by atoms with van der Waals surface area (Å²) in [5.74, 6) is 0. The molecule has 1 aromatic carbocycles. The molecule has 0 spiro atoms. The molecule has 2 rings (SSSR count).